The highest BCUT2D eigenvalue weighted by Crippen LogP contribution is 2.74. The van der Waals surface area contributed by atoms with Crippen molar-refractivity contribution >= 4 is 0 Å². The molecule has 1 unspecified atom stereocenters. The molecule has 182 valence electrons. The van der Waals surface area contributed by atoms with Crippen LogP contribution in [0.2, 0.25) is 0 Å². The Morgan fingerprint density at radius 1 is 0.906 bits per heavy atom. The van der Waals surface area contributed by atoms with E-state index in [4.69, 9.17) is 5.73 Å². The van der Waals surface area contributed by atoms with Gasteiger partial charge in [0.2, 0.25) is 0 Å². The second kappa shape index (κ2) is 7.08. The molecule has 5 aliphatic carbocycles. The average Bonchev–Trinajstić information content (AvgIpc) is 3.12. The monoisotopic (exact) mass is 443 g/mol. The lowest BCUT2D eigenvalue weighted by Gasteiger charge is -2.72. The van der Waals surface area contributed by atoms with Crippen molar-refractivity contribution in [3.8, 4) is 0 Å². The van der Waals surface area contributed by atoms with Gasteiger partial charge in [-0.25, -0.2) is 0 Å². The second-order valence-electron chi connectivity index (χ2n) is 14.2. The van der Waals surface area contributed by atoms with Crippen molar-refractivity contribution in [1.82, 2.24) is 0 Å². The van der Waals surface area contributed by atoms with Gasteiger partial charge in [0.15, 0.2) is 0 Å². The first-order valence-corrected chi connectivity index (χ1v) is 13.6. The van der Waals surface area contributed by atoms with Crippen molar-refractivity contribution in [3.05, 3.63) is 12.2 Å². The van der Waals surface area contributed by atoms with Crippen molar-refractivity contribution in [2.24, 2.45) is 57.0 Å². The molecule has 3 heteroatoms. The Balaban J connectivity index is 1.55. The minimum Gasteiger partial charge on any atom is -0.396 e. The van der Waals surface area contributed by atoms with Crippen molar-refractivity contribution < 1.29 is 10.2 Å². The van der Waals surface area contributed by atoms with Crippen LogP contribution in [-0.2, 0) is 0 Å². The van der Waals surface area contributed by atoms with E-state index in [1.54, 1.807) is 0 Å². The lowest BCUT2D eigenvalue weighted by Crippen LogP contribution is -2.74. The number of allylic oxidation sites excluding steroid dienone is 1. The number of aliphatic hydroxyl groups is 2. The van der Waals surface area contributed by atoms with Crippen LogP contribution in [0.25, 0.3) is 0 Å². The molecule has 5 rings (SSSR count). The van der Waals surface area contributed by atoms with Gasteiger partial charge in [-0.15, -0.1) is 0 Å². The second-order valence-corrected chi connectivity index (χ2v) is 14.2. The van der Waals surface area contributed by atoms with Crippen LogP contribution in [0.15, 0.2) is 12.2 Å². The zero-order valence-electron chi connectivity index (χ0n) is 21.4. The third-order valence-electron chi connectivity index (χ3n) is 13.0. The van der Waals surface area contributed by atoms with Gasteiger partial charge in [0.1, 0.15) is 0 Å². The van der Waals surface area contributed by atoms with Crippen molar-refractivity contribution in [1.29, 1.82) is 0 Å². The van der Waals surface area contributed by atoms with Crippen LogP contribution in [0.5, 0.6) is 0 Å². The molecular weight excluding hydrogens is 394 g/mol. The Hall–Kier alpha value is -0.380. The van der Waals surface area contributed by atoms with Crippen LogP contribution < -0.4 is 5.73 Å². The Bertz CT molecular complexity index is 792. The maximum absolute atomic E-state index is 10.9. The third kappa shape index (κ3) is 2.65. The Morgan fingerprint density at radius 3 is 2.28 bits per heavy atom. The molecule has 5 fully saturated rings. The van der Waals surface area contributed by atoms with E-state index in [1.165, 1.54) is 37.7 Å². The molecule has 0 radical (unpaired) electrons. The summed E-state index contributed by atoms with van der Waals surface area (Å²) >= 11 is 0. The summed E-state index contributed by atoms with van der Waals surface area (Å²) in [6, 6.07) is 0. The maximum atomic E-state index is 10.9. The predicted molar refractivity (Wildman–Crippen MR) is 131 cm³/mol. The summed E-state index contributed by atoms with van der Waals surface area (Å²) in [5.41, 5.74) is 9.32. The van der Waals surface area contributed by atoms with E-state index in [0.717, 1.165) is 32.1 Å². The molecule has 0 aromatic heterocycles. The van der Waals surface area contributed by atoms with Crippen molar-refractivity contribution in [2.75, 3.05) is 6.61 Å². The van der Waals surface area contributed by atoms with Gasteiger partial charge in [-0.2, -0.15) is 0 Å². The number of rotatable bonds is 2. The molecule has 0 bridgehead atoms. The SMILES string of the molecule is C=C(C)C1CC[C@]2(CO)CC[C@]3(N)[C@H](CC[C@@H]4[C@@]5(C)CC[C@H](O)C(C)(C)[C@@H]5CC[C@]43C)[C@@H]12. The minimum atomic E-state index is -0.178. The number of hydrogen-bond acceptors (Lipinski definition) is 3. The smallest absolute Gasteiger partial charge is 0.0594 e. The minimum absolute atomic E-state index is 0.0119. The lowest BCUT2D eigenvalue weighted by molar-refractivity contribution is -0.224. The predicted octanol–water partition coefficient (Wildman–Crippen LogP) is 5.69. The normalized spacial score (nSPS) is 56.5. The topological polar surface area (TPSA) is 66.5 Å². The van der Waals surface area contributed by atoms with Gasteiger partial charge in [0.25, 0.3) is 0 Å². The van der Waals surface area contributed by atoms with E-state index in [9.17, 15) is 10.2 Å². The molecule has 0 aliphatic heterocycles. The number of aliphatic hydroxyl groups excluding tert-OH is 2. The Labute approximate surface area is 196 Å². The summed E-state index contributed by atoms with van der Waals surface area (Å²) < 4.78 is 0. The van der Waals surface area contributed by atoms with Crippen LogP contribution in [0.1, 0.15) is 98.8 Å². The molecule has 0 aromatic carbocycles. The van der Waals surface area contributed by atoms with Crippen LogP contribution in [0.3, 0.4) is 0 Å². The van der Waals surface area contributed by atoms with Gasteiger partial charge in [-0.3, -0.25) is 0 Å². The zero-order chi connectivity index (χ0) is 23.3. The molecular formula is C29H49NO2. The van der Waals surface area contributed by atoms with Gasteiger partial charge in [0, 0.05) is 12.1 Å². The molecule has 3 nitrogen and oxygen atoms in total. The van der Waals surface area contributed by atoms with E-state index in [-0.39, 0.29) is 33.3 Å². The van der Waals surface area contributed by atoms with Crippen LogP contribution in [0, 0.1) is 51.2 Å². The fourth-order valence-electron chi connectivity index (χ4n) is 11.2. The first-order chi connectivity index (χ1) is 14.9. The van der Waals surface area contributed by atoms with Gasteiger partial charge < -0.3 is 15.9 Å². The summed E-state index contributed by atoms with van der Waals surface area (Å²) in [5.74, 6) is 2.72. The third-order valence-corrected chi connectivity index (χ3v) is 13.0. The molecule has 32 heavy (non-hydrogen) atoms. The average molecular weight is 444 g/mol. The molecule has 4 N–H and O–H groups in total. The summed E-state index contributed by atoms with van der Waals surface area (Å²) in [4.78, 5) is 0. The molecule has 0 aromatic rings. The van der Waals surface area contributed by atoms with Gasteiger partial charge in [-0.05, 0) is 122 Å². The largest absolute Gasteiger partial charge is 0.396 e. The van der Waals surface area contributed by atoms with Crippen LogP contribution in [-0.4, -0.2) is 28.5 Å². The summed E-state index contributed by atoms with van der Waals surface area (Å²) in [6.07, 6.45) is 11.2. The molecule has 0 heterocycles. The van der Waals surface area contributed by atoms with Gasteiger partial charge in [-0.1, -0.05) is 39.8 Å². The first kappa shape index (κ1) is 23.4. The van der Waals surface area contributed by atoms with Crippen LogP contribution >= 0.6 is 0 Å². The molecule has 0 amide bonds. The number of hydrogen-bond donors (Lipinski definition) is 3. The van der Waals surface area contributed by atoms with E-state index < -0.39 is 0 Å². The van der Waals surface area contributed by atoms with Crippen molar-refractivity contribution in [3.63, 3.8) is 0 Å². The number of nitrogens with two attached hydrogens (primary N) is 1. The Kier molecular flexibility index (Phi) is 5.17. The van der Waals surface area contributed by atoms with Crippen molar-refractivity contribution in [2.45, 2.75) is 110 Å². The molecule has 0 spiro atoms. The molecule has 0 saturated heterocycles. The quantitative estimate of drug-likeness (QED) is 0.480. The molecule has 10 atom stereocenters. The summed E-state index contributed by atoms with van der Waals surface area (Å²) in [5, 5.41) is 21.5. The fraction of sp³-hybridized carbons (Fsp3) is 0.931. The summed E-state index contributed by atoms with van der Waals surface area (Å²) in [6.45, 7) is 16.7. The first-order valence-electron chi connectivity index (χ1n) is 13.6. The summed E-state index contributed by atoms with van der Waals surface area (Å²) in [7, 11) is 0. The maximum Gasteiger partial charge on any atom is 0.0594 e. The standard InChI is InChI=1S/C29H49NO2/c1-18(2)19-9-14-28(17-31)15-16-29(30)20(24(19)28)7-8-22-26(5)12-11-23(32)25(3,4)21(26)10-13-27(22,29)6/h19-24,31-32H,1,7-17,30H2,2-6H3/t19?,20-,21+,22-,23+,24-,26+,27-,28-,29+/m1/s1. The highest BCUT2D eigenvalue weighted by Gasteiger charge is 2.71. The van der Waals surface area contributed by atoms with E-state index >= 15 is 0 Å². The highest BCUT2D eigenvalue weighted by molar-refractivity contribution is 5.24. The van der Waals surface area contributed by atoms with E-state index in [0.29, 0.717) is 36.2 Å². The molecule has 5 saturated carbocycles. The fourth-order valence-corrected chi connectivity index (χ4v) is 11.2. The lowest BCUT2D eigenvalue weighted by atomic mass is 9.34. The van der Waals surface area contributed by atoms with Gasteiger partial charge >= 0.3 is 0 Å². The Morgan fingerprint density at radius 2 is 1.62 bits per heavy atom. The van der Waals surface area contributed by atoms with Crippen LogP contribution in [0.4, 0.5) is 0 Å². The van der Waals surface area contributed by atoms with E-state index in [2.05, 4.69) is 41.2 Å². The van der Waals surface area contributed by atoms with Gasteiger partial charge in [0.05, 0.1) is 6.10 Å². The molecule has 5 aliphatic rings. The zero-order valence-corrected chi connectivity index (χ0v) is 21.4. The highest BCUT2D eigenvalue weighted by atomic mass is 16.3. The number of fused-ring (bicyclic) bond motifs is 7. The van der Waals surface area contributed by atoms with E-state index in [1.807, 2.05) is 0 Å².